The lowest BCUT2D eigenvalue weighted by atomic mass is 10.1. The van der Waals surface area contributed by atoms with E-state index in [9.17, 15) is 9.59 Å². The maximum absolute atomic E-state index is 12.9. The maximum Gasteiger partial charge on any atom is 0.276 e. The Morgan fingerprint density at radius 1 is 1.25 bits per heavy atom. The lowest BCUT2D eigenvalue weighted by molar-refractivity contribution is 0.0975. The number of hydrogen-bond donors (Lipinski definition) is 1. The quantitative estimate of drug-likeness (QED) is 0.910. The van der Waals surface area contributed by atoms with Crippen LogP contribution in [0.25, 0.3) is 0 Å². The second kappa shape index (κ2) is 6.61. The number of primary amides is 1. The minimum atomic E-state index is -0.547. The van der Waals surface area contributed by atoms with Gasteiger partial charge in [-0.1, -0.05) is 11.6 Å². The fraction of sp³-hybridized carbons (Fsp3) is 0.278. The summed E-state index contributed by atoms with van der Waals surface area (Å²) in [6.07, 6.45) is 4.18. The Bertz CT molecular complexity index is 820. The van der Waals surface area contributed by atoms with Crippen molar-refractivity contribution in [2.75, 3.05) is 11.4 Å². The fourth-order valence-electron chi connectivity index (χ4n) is 3.00. The molecule has 0 radical (unpaired) electrons. The van der Waals surface area contributed by atoms with Gasteiger partial charge in [0.25, 0.3) is 11.8 Å². The smallest absolute Gasteiger partial charge is 0.276 e. The zero-order valence-electron chi connectivity index (χ0n) is 13.4. The molecule has 1 aromatic heterocycles. The first-order valence-electron chi connectivity index (χ1n) is 7.84. The number of aromatic nitrogens is 1. The molecule has 1 aromatic carbocycles. The van der Waals surface area contributed by atoms with Gasteiger partial charge in [0.1, 0.15) is 5.69 Å². The van der Waals surface area contributed by atoms with Crippen molar-refractivity contribution in [2.45, 2.75) is 26.2 Å². The predicted molar refractivity (Wildman–Crippen MR) is 93.6 cm³/mol. The lowest BCUT2D eigenvalue weighted by Crippen LogP contribution is -2.32. The Hall–Kier alpha value is -2.40. The molecule has 1 aliphatic heterocycles. The number of hydrogen-bond acceptors (Lipinski definition) is 3. The van der Waals surface area contributed by atoms with Crippen molar-refractivity contribution < 1.29 is 9.59 Å². The number of benzene rings is 1. The van der Waals surface area contributed by atoms with E-state index in [4.69, 9.17) is 17.3 Å². The summed E-state index contributed by atoms with van der Waals surface area (Å²) >= 11 is 6.08. The van der Waals surface area contributed by atoms with Crippen molar-refractivity contribution in [1.82, 2.24) is 4.98 Å². The van der Waals surface area contributed by atoms with E-state index in [2.05, 4.69) is 4.98 Å². The molecule has 0 saturated heterocycles. The number of nitrogens with two attached hydrogens (primary N) is 1. The minimum absolute atomic E-state index is 0.181. The van der Waals surface area contributed by atoms with E-state index in [0.29, 0.717) is 28.4 Å². The second-order valence-corrected chi connectivity index (χ2v) is 6.37. The van der Waals surface area contributed by atoms with Gasteiger partial charge >= 0.3 is 0 Å². The van der Waals surface area contributed by atoms with Gasteiger partial charge in [-0.3, -0.25) is 14.6 Å². The third-order valence-electron chi connectivity index (χ3n) is 4.25. The molecule has 0 spiro atoms. The number of rotatable bonds is 2. The van der Waals surface area contributed by atoms with Gasteiger partial charge in [-0.25, -0.2) is 0 Å². The standard InChI is InChI=1S/C18H18ClN3O2/c1-11-8-15(21-10-14(11)17(20)23)18(24)22-7-3-2-4-12-9-13(19)5-6-16(12)22/h5-6,8-10H,2-4,7H2,1H3,(H2,20,23). The molecule has 0 saturated carbocycles. The molecular weight excluding hydrogens is 326 g/mol. The SMILES string of the molecule is Cc1cc(C(=O)N2CCCCc3cc(Cl)ccc32)ncc1C(N)=O. The number of carbonyl (C=O) groups is 2. The molecule has 24 heavy (non-hydrogen) atoms. The minimum Gasteiger partial charge on any atom is -0.366 e. The van der Waals surface area contributed by atoms with Crippen molar-refractivity contribution >= 4 is 29.1 Å². The summed E-state index contributed by atoms with van der Waals surface area (Å²) in [6.45, 7) is 2.38. The zero-order valence-corrected chi connectivity index (χ0v) is 14.1. The number of carbonyl (C=O) groups excluding carboxylic acids is 2. The molecule has 0 unspecified atom stereocenters. The van der Waals surface area contributed by atoms with Crippen molar-refractivity contribution in [3.63, 3.8) is 0 Å². The first kappa shape index (κ1) is 16.5. The molecule has 3 rings (SSSR count). The van der Waals surface area contributed by atoms with E-state index in [1.54, 1.807) is 24.0 Å². The molecule has 0 fully saturated rings. The summed E-state index contributed by atoms with van der Waals surface area (Å²) in [7, 11) is 0. The number of amides is 2. The van der Waals surface area contributed by atoms with Crippen LogP contribution < -0.4 is 10.6 Å². The first-order chi connectivity index (χ1) is 11.5. The maximum atomic E-state index is 12.9. The van der Waals surface area contributed by atoms with Crippen LogP contribution in [0.3, 0.4) is 0 Å². The van der Waals surface area contributed by atoms with E-state index >= 15 is 0 Å². The van der Waals surface area contributed by atoms with Gasteiger partial charge in [0.15, 0.2) is 0 Å². The molecule has 0 aliphatic carbocycles. The number of aryl methyl sites for hydroxylation is 2. The number of pyridine rings is 1. The normalized spacial score (nSPS) is 14.0. The van der Waals surface area contributed by atoms with Crippen LogP contribution in [0.1, 0.15) is 44.8 Å². The van der Waals surface area contributed by atoms with Crippen molar-refractivity contribution in [2.24, 2.45) is 5.73 Å². The van der Waals surface area contributed by atoms with Crippen LogP contribution in [-0.2, 0) is 6.42 Å². The summed E-state index contributed by atoms with van der Waals surface area (Å²) in [4.78, 5) is 30.1. The Balaban J connectivity index is 1.98. The van der Waals surface area contributed by atoms with E-state index < -0.39 is 5.91 Å². The lowest BCUT2D eigenvalue weighted by Gasteiger charge is -2.23. The van der Waals surface area contributed by atoms with Crippen molar-refractivity contribution in [1.29, 1.82) is 0 Å². The first-order valence-corrected chi connectivity index (χ1v) is 8.22. The van der Waals surface area contributed by atoms with E-state index in [1.807, 2.05) is 12.1 Å². The van der Waals surface area contributed by atoms with E-state index in [0.717, 1.165) is 30.5 Å². The monoisotopic (exact) mass is 343 g/mol. The van der Waals surface area contributed by atoms with Crippen LogP contribution in [0.4, 0.5) is 5.69 Å². The predicted octanol–water partition coefficient (Wildman–Crippen LogP) is 3.13. The molecule has 6 heteroatoms. The van der Waals surface area contributed by atoms with Gasteiger partial charge in [-0.15, -0.1) is 0 Å². The Morgan fingerprint density at radius 2 is 2.04 bits per heavy atom. The summed E-state index contributed by atoms with van der Waals surface area (Å²) in [5.41, 5.74) is 8.52. The summed E-state index contributed by atoms with van der Waals surface area (Å²) in [5, 5.41) is 0.669. The Morgan fingerprint density at radius 3 is 2.75 bits per heavy atom. The Kier molecular flexibility index (Phi) is 4.53. The Labute approximate surface area is 145 Å². The number of nitrogens with zero attached hydrogens (tertiary/aromatic N) is 2. The number of halogens is 1. The number of fused-ring (bicyclic) bond motifs is 1. The van der Waals surface area contributed by atoms with E-state index in [-0.39, 0.29) is 5.91 Å². The van der Waals surface area contributed by atoms with Gasteiger partial charge in [0.2, 0.25) is 0 Å². The van der Waals surface area contributed by atoms with E-state index in [1.165, 1.54) is 6.20 Å². The second-order valence-electron chi connectivity index (χ2n) is 5.94. The molecule has 2 N–H and O–H groups in total. The molecule has 0 atom stereocenters. The average molecular weight is 344 g/mol. The molecule has 2 amide bonds. The van der Waals surface area contributed by atoms with Gasteiger partial charge < -0.3 is 10.6 Å². The van der Waals surface area contributed by atoms with Gasteiger partial charge in [0.05, 0.1) is 5.56 Å². The summed E-state index contributed by atoms with van der Waals surface area (Å²) in [5.74, 6) is -0.728. The highest BCUT2D eigenvalue weighted by Gasteiger charge is 2.24. The topological polar surface area (TPSA) is 76.3 Å². The fourth-order valence-corrected chi connectivity index (χ4v) is 3.20. The molecule has 2 heterocycles. The highest BCUT2D eigenvalue weighted by atomic mass is 35.5. The summed E-state index contributed by atoms with van der Waals surface area (Å²) in [6, 6.07) is 7.20. The number of anilines is 1. The molecule has 124 valence electrons. The molecule has 2 aromatic rings. The third kappa shape index (κ3) is 3.12. The van der Waals surface area contributed by atoms with Crippen LogP contribution in [0.2, 0.25) is 5.02 Å². The molecule has 0 bridgehead atoms. The van der Waals surface area contributed by atoms with Crippen LogP contribution in [0.15, 0.2) is 30.5 Å². The van der Waals surface area contributed by atoms with Crippen LogP contribution in [0, 0.1) is 6.92 Å². The van der Waals surface area contributed by atoms with Crippen LogP contribution in [-0.4, -0.2) is 23.3 Å². The average Bonchev–Trinajstić information content (AvgIpc) is 2.75. The largest absolute Gasteiger partial charge is 0.366 e. The highest BCUT2D eigenvalue weighted by molar-refractivity contribution is 6.30. The highest BCUT2D eigenvalue weighted by Crippen LogP contribution is 2.30. The van der Waals surface area contributed by atoms with Gasteiger partial charge in [-0.05, 0) is 61.6 Å². The molecular formula is C18H18ClN3O2. The van der Waals surface area contributed by atoms with Crippen LogP contribution >= 0.6 is 11.6 Å². The third-order valence-corrected chi connectivity index (χ3v) is 4.49. The zero-order chi connectivity index (χ0) is 17.3. The van der Waals surface area contributed by atoms with Gasteiger partial charge in [-0.2, -0.15) is 0 Å². The van der Waals surface area contributed by atoms with Crippen molar-refractivity contribution in [3.8, 4) is 0 Å². The molecule has 5 nitrogen and oxygen atoms in total. The van der Waals surface area contributed by atoms with Crippen LogP contribution in [0.5, 0.6) is 0 Å². The summed E-state index contributed by atoms with van der Waals surface area (Å²) < 4.78 is 0. The molecule has 1 aliphatic rings. The van der Waals surface area contributed by atoms with Gasteiger partial charge in [0, 0.05) is 23.5 Å². The van der Waals surface area contributed by atoms with Crippen molar-refractivity contribution in [3.05, 3.63) is 57.9 Å².